The molecule has 9 nitrogen and oxygen atoms in total. The van der Waals surface area contributed by atoms with Crippen molar-refractivity contribution in [3.63, 3.8) is 0 Å². The lowest BCUT2D eigenvalue weighted by atomic mass is 10.1. The first-order valence-electron chi connectivity index (χ1n) is 14.8. The minimum Gasteiger partial charge on any atom is -0.481 e. The topological polar surface area (TPSA) is 125 Å². The number of carbonyl (C=O) groups excluding carboxylic acids is 1. The SMILES string of the molecule is Cc1c(NS(C)(=O)=O)cccc1N(Cc1ccccc1)Cc1ccc(Oc2ccc(CCCC(=O)NCCC(=O)O)cc2)cc1. The van der Waals surface area contributed by atoms with Gasteiger partial charge in [-0.1, -0.05) is 60.7 Å². The normalized spacial score (nSPS) is 11.1. The van der Waals surface area contributed by atoms with Gasteiger partial charge in [-0.05, 0) is 78.4 Å². The van der Waals surface area contributed by atoms with Crippen LogP contribution in [0.15, 0.2) is 97.1 Å². The largest absolute Gasteiger partial charge is 0.481 e. The molecule has 45 heavy (non-hydrogen) atoms. The summed E-state index contributed by atoms with van der Waals surface area (Å²) in [4.78, 5) is 24.6. The molecule has 0 saturated carbocycles. The van der Waals surface area contributed by atoms with Crippen LogP contribution in [-0.4, -0.2) is 38.2 Å². The molecule has 0 aliphatic heterocycles. The van der Waals surface area contributed by atoms with Crippen molar-refractivity contribution in [2.75, 3.05) is 22.4 Å². The predicted molar refractivity (Wildman–Crippen MR) is 177 cm³/mol. The molecule has 0 unspecified atom stereocenters. The van der Waals surface area contributed by atoms with Crippen molar-refractivity contribution in [3.8, 4) is 11.5 Å². The fourth-order valence-corrected chi connectivity index (χ4v) is 5.52. The maximum Gasteiger partial charge on any atom is 0.305 e. The van der Waals surface area contributed by atoms with Gasteiger partial charge < -0.3 is 20.1 Å². The zero-order chi connectivity index (χ0) is 32.2. The van der Waals surface area contributed by atoms with Gasteiger partial charge in [0, 0.05) is 31.7 Å². The zero-order valence-corrected chi connectivity index (χ0v) is 26.3. The van der Waals surface area contributed by atoms with Gasteiger partial charge in [0.1, 0.15) is 11.5 Å². The molecule has 1 amide bonds. The highest BCUT2D eigenvalue weighted by Gasteiger charge is 2.15. The Kier molecular flexibility index (Phi) is 11.6. The van der Waals surface area contributed by atoms with Gasteiger partial charge in [0.05, 0.1) is 18.4 Å². The van der Waals surface area contributed by atoms with Gasteiger partial charge in [-0.25, -0.2) is 8.42 Å². The van der Waals surface area contributed by atoms with Crippen molar-refractivity contribution < 1.29 is 27.9 Å². The average molecular weight is 630 g/mol. The van der Waals surface area contributed by atoms with Crippen LogP contribution in [-0.2, 0) is 39.1 Å². The van der Waals surface area contributed by atoms with Gasteiger partial charge in [0.25, 0.3) is 0 Å². The number of sulfonamides is 1. The number of aryl methyl sites for hydroxylation is 1. The third-order valence-electron chi connectivity index (χ3n) is 7.14. The van der Waals surface area contributed by atoms with Crippen LogP contribution in [0.25, 0.3) is 0 Å². The van der Waals surface area contributed by atoms with Gasteiger partial charge in [-0.3, -0.25) is 14.3 Å². The molecule has 0 radical (unpaired) electrons. The second kappa shape index (κ2) is 15.8. The molecule has 0 bridgehead atoms. The molecule has 0 aliphatic carbocycles. The number of nitrogens with one attached hydrogen (secondary N) is 2. The van der Waals surface area contributed by atoms with Gasteiger partial charge in [0.15, 0.2) is 0 Å². The summed E-state index contributed by atoms with van der Waals surface area (Å²) < 4.78 is 32.6. The molecule has 3 N–H and O–H groups in total. The van der Waals surface area contributed by atoms with Crippen LogP contribution in [0.3, 0.4) is 0 Å². The van der Waals surface area contributed by atoms with Crippen molar-refractivity contribution in [2.24, 2.45) is 0 Å². The minimum atomic E-state index is -3.42. The molecular formula is C35H39N3O6S. The Labute approximate surface area is 264 Å². The number of ether oxygens (including phenoxy) is 1. The Hall–Kier alpha value is -4.83. The summed E-state index contributed by atoms with van der Waals surface area (Å²) in [5, 5.41) is 11.3. The smallest absolute Gasteiger partial charge is 0.305 e. The number of anilines is 2. The maximum absolute atomic E-state index is 11.9. The Balaban J connectivity index is 1.38. The Morgan fingerprint density at radius 3 is 1.98 bits per heavy atom. The number of hydrogen-bond acceptors (Lipinski definition) is 6. The fraction of sp³-hybridized carbons (Fsp3) is 0.257. The fourth-order valence-electron chi connectivity index (χ4n) is 4.90. The summed E-state index contributed by atoms with van der Waals surface area (Å²) in [6.07, 6.45) is 2.81. The summed E-state index contributed by atoms with van der Waals surface area (Å²) in [5.41, 5.74) is 5.64. The van der Waals surface area contributed by atoms with E-state index in [9.17, 15) is 18.0 Å². The first-order valence-corrected chi connectivity index (χ1v) is 16.7. The Morgan fingerprint density at radius 2 is 1.38 bits per heavy atom. The van der Waals surface area contributed by atoms with E-state index in [1.807, 2.05) is 85.8 Å². The number of carbonyl (C=O) groups is 2. The third-order valence-corrected chi connectivity index (χ3v) is 7.73. The predicted octanol–water partition coefficient (Wildman–Crippen LogP) is 6.28. The highest BCUT2D eigenvalue weighted by Crippen LogP contribution is 2.31. The molecule has 236 valence electrons. The van der Waals surface area contributed by atoms with Crippen LogP contribution in [0.1, 0.15) is 41.5 Å². The van der Waals surface area contributed by atoms with E-state index in [1.54, 1.807) is 6.07 Å². The quantitative estimate of drug-likeness (QED) is 0.133. The molecule has 0 saturated heterocycles. The van der Waals surface area contributed by atoms with Crippen molar-refractivity contribution in [1.82, 2.24) is 5.32 Å². The molecule has 4 rings (SSSR count). The van der Waals surface area contributed by atoms with Crippen LogP contribution >= 0.6 is 0 Å². The molecule has 4 aromatic carbocycles. The average Bonchev–Trinajstić information content (AvgIpc) is 2.99. The summed E-state index contributed by atoms with van der Waals surface area (Å²) in [7, 11) is -3.42. The number of nitrogens with zero attached hydrogens (tertiary/aromatic N) is 1. The maximum atomic E-state index is 11.9. The molecule has 0 aliphatic rings. The van der Waals surface area contributed by atoms with Crippen LogP contribution in [0, 0.1) is 6.92 Å². The third kappa shape index (κ3) is 11.0. The molecule has 10 heteroatoms. The number of aliphatic carboxylic acids is 1. The van der Waals surface area contributed by atoms with Gasteiger partial charge in [-0.15, -0.1) is 0 Å². The summed E-state index contributed by atoms with van der Waals surface area (Å²) >= 11 is 0. The first-order chi connectivity index (χ1) is 21.6. The number of amides is 1. The van der Waals surface area contributed by atoms with Crippen molar-refractivity contribution in [3.05, 3.63) is 119 Å². The Morgan fingerprint density at radius 1 is 0.778 bits per heavy atom. The van der Waals surface area contributed by atoms with Crippen LogP contribution < -0.4 is 19.7 Å². The summed E-state index contributed by atoms with van der Waals surface area (Å²) in [6.45, 7) is 3.31. The van der Waals surface area contributed by atoms with Crippen molar-refractivity contribution >= 4 is 33.3 Å². The number of benzene rings is 4. The lowest BCUT2D eigenvalue weighted by molar-refractivity contribution is -0.136. The lowest BCUT2D eigenvalue weighted by Crippen LogP contribution is -2.25. The standard InChI is InChI=1S/C35H39N3O6S/c1-26-32(37-45(2,42)43)11-7-12-33(26)38(24-28-8-4-3-5-9-28)25-29-16-20-31(21-17-29)44-30-18-14-27(15-19-30)10-6-13-34(39)36-23-22-35(40)41/h3-5,7-9,11-12,14-21,37H,6,10,13,22-25H2,1-2H3,(H,36,39)(H,40,41). The molecule has 0 heterocycles. The minimum absolute atomic E-state index is 0.0797. The molecule has 0 atom stereocenters. The molecule has 4 aromatic rings. The molecular weight excluding hydrogens is 590 g/mol. The highest BCUT2D eigenvalue weighted by molar-refractivity contribution is 7.92. The number of carboxylic acids is 1. The highest BCUT2D eigenvalue weighted by atomic mass is 32.2. The van der Waals surface area contributed by atoms with E-state index in [0.717, 1.165) is 40.6 Å². The lowest BCUT2D eigenvalue weighted by Gasteiger charge is -2.28. The van der Waals surface area contributed by atoms with Crippen molar-refractivity contribution in [1.29, 1.82) is 0 Å². The van der Waals surface area contributed by atoms with Gasteiger partial charge >= 0.3 is 5.97 Å². The van der Waals surface area contributed by atoms with E-state index in [-0.39, 0.29) is 18.9 Å². The first kappa shape index (κ1) is 33.1. The zero-order valence-electron chi connectivity index (χ0n) is 25.5. The van der Waals surface area contributed by atoms with Crippen LogP contribution in [0.5, 0.6) is 11.5 Å². The van der Waals surface area contributed by atoms with Gasteiger partial charge in [-0.2, -0.15) is 0 Å². The van der Waals surface area contributed by atoms with Crippen molar-refractivity contribution in [2.45, 2.75) is 45.7 Å². The summed E-state index contributed by atoms with van der Waals surface area (Å²) in [6, 6.07) is 31.4. The second-order valence-corrected chi connectivity index (χ2v) is 12.7. The van der Waals surface area contributed by atoms with E-state index in [0.29, 0.717) is 43.1 Å². The van der Waals surface area contributed by atoms with Crippen LogP contribution in [0.2, 0.25) is 0 Å². The van der Waals surface area contributed by atoms with Crippen LogP contribution in [0.4, 0.5) is 11.4 Å². The molecule has 0 aromatic heterocycles. The Bertz CT molecular complexity index is 1680. The molecule has 0 spiro atoms. The molecule has 0 fully saturated rings. The number of rotatable bonds is 16. The second-order valence-electron chi connectivity index (χ2n) is 10.9. The number of hydrogen-bond donors (Lipinski definition) is 3. The van der Waals surface area contributed by atoms with Gasteiger partial charge in [0.2, 0.25) is 15.9 Å². The van der Waals surface area contributed by atoms with E-state index in [4.69, 9.17) is 9.84 Å². The van der Waals surface area contributed by atoms with E-state index in [2.05, 4.69) is 27.1 Å². The number of carboxylic acid groups (broad SMARTS) is 1. The van der Waals surface area contributed by atoms with E-state index >= 15 is 0 Å². The van der Waals surface area contributed by atoms with E-state index in [1.165, 1.54) is 0 Å². The van der Waals surface area contributed by atoms with E-state index < -0.39 is 16.0 Å². The monoisotopic (exact) mass is 629 g/mol. The summed E-state index contributed by atoms with van der Waals surface area (Å²) in [5.74, 6) is 0.332.